The minimum atomic E-state index is -4.07. The normalized spacial score (nSPS) is 18.9. The second-order valence-electron chi connectivity index (χ2n) is 10.4. The average Bonchev–Trinajstić information content (AvgIpc) is 3.39. The van der Waals surface area contributed by atoms with E-state index in [9.17, 15) is 31.1 Å². The number of benzene rings is 2. The lowest BCUT2D eigenvalue weighted by Gasteiger charge is -2.33. The van der Waals surface area contributed by atoms with Crippen molar-refractivity contribution in [3.8, 4) is 5.75 Å². The quantitative estimate of drug-likeness (QED) is 0.367. The van der Waals surface area contributed by atoms with Gasteiger partial charge in [0.05, 0.1) is 36.8 Å². The molecule has 3 aromatic rings. The Balaban J connectivity index is 1.68. The third-order valence-electron chi connectivity index (χ3n) is 7.09. The zero-order chi connectivity index (χ0) is 30.8. The first-order chi connectivity index (χ1) is 19.7. The molecule has 1 aliphatic rings. The van der Waals surface area contributed by atoms with Gasteiger partial charge >= 0.3 is 0 Å². The molecule has 1 amide bonds. The maximum atomic E-state index is 13.4. The SMILES string of the molecule is C[C@@H]1CN([C@@H](C)CO)C(=O)Cc2cc(NS(=O)(=O)c3ccc(F)cc3)ccc2O[C@@H]1CN(C)S(=O)(=O)c1cn(C)cn1. The van der Waals surface area contributed by atoms with Crippen LogP contribution in [-0.2, 0) is 38.3 Å². The van der Waals surface area contributed by atoms with Gasteiger partial charge in [0.2, 0.25) is 5.91 Å². The second kappa shape index (κ2) is 12.4. The van der Waals surface area contributed by atoms with E-state index < -0.39 is 38.0 Å². The van der Waals surface area contributed by atoms with Gasteiger partial charge in [0.1, 0.15) is 17.7 Å². The first kappa shape index (κ1) is 31.4. The summed E-state index contributed by atoms with van der Waals surface area (Å²) in [7, 11) is -4.94. The van der Waals surface area contributed by atoms with Gasteiger partial charge in [-0.1, -0.05) is 6.92 Å². The van der Waals surface area contributed by atoms with E-state index in [1.54, 1.807) is 14.0 Å². The molecule has 0 bridgehead atoms. The van der Waals surface area contributed by atoms with Gasteiger partial charge in [-0.25, -0.2) is 26.2 Å². The van der Waals surface area contributed by atoms with Crippen LogP contribution in [0.4, 0.5) is 10.1 Å². The summed E-state index contributed by atoms with van der Waals surface area (Å²) in [4.78, 5) is 18.8. The van der Waals surface area contributed by atoms with Crippen LogP contribution < -0.4 is 9.46 Å². The monoisotopic (exact) mass is 623 g/mol. The Kier molecular flexibility index (Phi) is 9.25. The molecule has 0 aliphatic carbocycles. The molecule has 4 rings (SSSR count). The summed E-state index contributed by atoms with van der Waals surface area (Å²) in [5.41, 5.74) is 0.513. The van der Waals surface area contributed by atoms with E-state index in [2.05, 4.69) is 9.71 Å². The van der Waals surface area contributed by atoms with Crippen molar-refractivity contribution in [2.75, 3.05) is 31.5 Å². The lowest BCUT2D eigenvalue weighted by Crippen LogP contribution is -2.48. The number of carbonyl (C=O) groups excluding carboxylic acids is 1. The first-order valence-electron chi connectivity index (χ1n) is 13.1. The van der Waals surface area contributed by atoms with E-state index in [1.807, 2.05) is 6.92 Å². The summed E-state index contributed by atoms with van der Waals surface area (Å²) in [6, 6.07) is 8.27. The summed E-state index contributed by atoms with van der Waals surface area (Å²) in [5, 5.41) is 9.72. The summed E-state index contributed by atoms with van der Waals surface area (Å²) in [5.74, 6) is -0.980. The van der Waals surface area contributed by atoms with Gasteiger partial charge in [-0.15, -0.1) is 0 Å². The number of aliphatic hydroxyl groups excluding tert-OH is 1. The number of nitrogens with zero attached hydrogens (tertiary/aromatic N) is 4. The highest BCUT2D eigenvalue weighted by atomic mass is 32.2. The van der Waals surface area contributed by atoms with Gasteiger partial charge in [-0.3, -0.25) is 9.52 Å². The molecule has 0 radical (unpaired) electrons. The van der Waals surface area contributed by atoms with E-state index in [-0.39, 0.29) is 59.3 Å². The molecule has 0 saturated carbocycles. The molecule has 15 heteroatoms. The predicted molar refractivity (Wildman–Crippen MR) is 152 cm³/mol. The summed E-state index contributed by atoms with van der Waals surface area (Å²) < 4.78 is 76.9. The van der Waals surface area contributed by atoms with Crippen molar-refractivity contribution >= 4 is 31.6 Å². The van der Waals surface area contributed by atoms with Gasteiger partial charge in [-0.2, -0.15) is 4.31 Å². The summed E-state index contributed by atoms with van der Waals surface area (Å²) in [6.45, 7) is 3.34. The highest BCUT2D eigenvalue weighted by molar-refractivity contribution is 7.92. The molecule has 2 heterocycles. The number of fused-ring (bicyclic) bond motifs is 1. The topological polar surface area (TPSA) is 151 Å². The van der Waals surface area contributed by atoms with E-state index in [4.69, 9.17) is 4.74 Å². The molecular formula is C27H34FN5O7S2. The number of hydrogen-bond donors (Lipinski definition) is 2. The Bertz CT molecular complexity index is 1650. The Morgan fingerprint density at radius 1 is 1.19 bits per heavy atom. The van der Waals surface area contributed by atoms with E-state index in [0.29, 0.717) is 5.56 Å². The maximum Gasteiger partial charge on any atom is 0.261 e. The minimum Gasteiger partial charge on any atom is -0.488 e. The lowest BCUT2D eigenvalue weighted by atomic mass is 10.0. The lowest BCUT2D eigenvalue weighted by molar-refractivity contribution is -0.134. The van der Waals surface area contributed by atoms with Crippen LogP contribution in [-0.4, -0.2) is 85.5 Å². The molecule has 42 heavy (non-hydrogen) atoms. The number of nitrogens with one attached hydrogen (secondary N) is 1. The smallest absolute Gasteiger partial charge is 0.261 e. The number of carbonyl (C=O) groups is 1. The van der Waals surface area contributed by atoms with Crippen LogP contribution in [0.1, 0.15) is 19.4 Å². The van der Waals surface area contributed by atoms with Crippen molar-refractivity contribution in [1.82, 2.24) is 18.8 Å². The number of imidazole rings is 1. The van der Waals surface area contributed by atoms with Crippen molar-refractivity contribution in [2.24, 2.45) is 13.0 Å². The number of amides is 1. The molecule has 0 saturated heterocycles. The Labute approximate surface area is 244 Å². The van der Waals surface area contributed by atoms with Crippen LogP contribution >= 0.6 is 0 Å². The largest absolute Gasteiger partial charge is 0.488 e. The number of aromatic nitrogens is 2. The maximum absolute atomic E-state index is 13.4. The van der Waals surface area contributed by atoms with Crippen LogP contribution in [0.25, 0.3) is 0 Å². The third-order valence-corrected chi connectivity index (χ3v) is 10.2. The van der Waals surface area contributed by atoms with Crippen molar-refractivity contribution < 1.29 is 35.9 Å². The Morgan fingerprint density at radius 3 is 2.50 bits per heavy atom. The standard InChI is InChI=1S/C27H34FN5O7S2/c1-18-13-33(19(2)16-34)27(35)12-20-11-22(30-41(36,37)23-8-5-21(28)6-9-23)7-10-24(20)40-25(18)14-32(4)42(38,39)26-15-31(3)17-29-26/h5-11,15,17-19,25,30,34H,12-14,16H2,1-4H3/t18-,19+,25-/m1/s1. The Morgan fingerprint density at radius 2 is 1.88 bits per heavy atom. The van der Waals surface area contributed by atoms with E-state index in [0.717, 1.165) is 28.6 Å². The number of anilines is 1. The average molecular weight is 624 g/mol. The van der Waals surface area contributed by atoms with Crippen LogP contribution in [0.2, 0.25) is 0 Å². The molecule has 2 N–H and O–H groups in total. The molecule has 1 aromatic heterocycles. The number of likely N-dealkylation sites (N-methyl/N-ethyl adjacent to an activating group) is 1. The highest BCUT2D eigenvalue weighted by Gasteiger charge is 2.34. The Hall–Kier alpha value is -3.53. The van der Waals surface area contributed by atoms with Crippen molar-refractivity contribution in [3.63, 3.8) is 0 Å². The van der Waals surface area contributed by atoms with Crippen molar-refractivity contribution in [3.05, 3.63) is 66.4 Å². The van der Waals surface area contributed by atoms with E-state index >= 15 is 0 Å². The van der Waals surface area contributed by atoms with Gasteiger partial charge in [0, 0.05) is 44.0 Å². The van der Waals surface area contributed by atoms with Gasteiger partial charge in [0.25, 0.3) is 20.0 Å². The molecule has 0 spiro atoms. The van der Waals surface area contributed by atoms with Crippen LogP contribution in [0.3, 0.4) is 0 Å². The molecule has 1 aliphatic heterocycles. The fourth-order valence-corrected chi connectivity index (χ4v) is 6.76. The van der Waals surface area contributed by atoms with Gasteiger partial charge in [0.15, 0.2) is 5.03 Å². The summed E-state index contributed by atoms with van der Waals surface area (Å²) in [6.07, 6.45) is 1.89. The first-order valence-corrected chi connectivity index (χ1v) is 16.1. The molecule has 12 nitrogen and oxygen atoms in total. The number of rotatable bonds is 9. The minimum absolute atomic E-state index is 0.0754. The zero-order valence-electron chi connectivity index (χ0n) is 23.6. The van der Waals surface area contributed by atoms with E-state index in [1.165, 1.54) is 47.2 Å². The number of sulfonamides is 2. The van der Waals surface area contributed by atoms with Gasteiger partial charge in [-0.05, 0) is 49.4 Å². The van der Waals surface area contributed by atoms with Crippen LogP contribution in [0.15, 0.2) is 64.9 Å². The molecule has 2 aromatic carbocycles. The number of hydrogen-bond acceptors (Lipinski definition) is 8. The number of aryl methyl sites for hydroxylation is 1. The fraction of sp³-hybridized carbons (Fsp3) is 0.407. The van der Waals surface area contributed by atoms with Crippen LogP contribution in [0.5, 0.6) is 5.75 Å². The van der Waals surface area contributed by atoms with Crippen molar-refractivity contribution in [2.45, 2.75) is 42.3 Å². The zero-order valence-corrected chi connectivity index (χ0v) is 25.3. The predicted octanol–water partition coefficient (Wildman–Crippen LogP) is 1.83. The fourth-order valence-electron chi connectivity index (χ4n) is 4.57. The molecular weight excluding hydrogens is 589 g/mol. The second-order valence-corrected chi connectivity index (χ2v) is 14.1. The number of ether oxygens (including phenoxy) is 1. The summed E-state index contributed by atoms with van der Waals surface area (Å²) >= 11 is 0. The number of aliphatic hydroxyl groups is 1. The molecule has 3 atom stereocenters. The third kappa shape index (κ3) is 6.91. The molecule has 0 unspecified atom stereocenters. The number of halogens is 1. The van der Waals surface area contributed by atoms with Gasteiger partial charge < -0.3 is 19.3 Å². The van der Waals surface area contributed by atoms with Crippen molar-refractivity contribution in [1.29, 1.82) is 0 Å². The van der Waals surface area contributed by atoms with Crippen LogP contribution in [0, 0.1) is 11.7 Å². The highest BCUT2D eigenvalue weighted by Crippen LogP contribution is 2.30. The molecule has 228 valence electrons. The molecule has 0 fully saturated rings.